The van der Waals surface area contributed by atoms with Gasteiger partial charge in [0.1, 0.15) is 11.5 Å². The summed E-state index contributed by atoms with van der Waals surface area (Å²) in [6.45, 7) is 3.04. The van der Waals surface area contributed by atoms with Gasteiger partial charge in [-0.2, -0.15) is 0 Å². The van der Waals surface area contributed by atoms with E-state index in [1.54, 1.807) is 20.5 Å². The number of hydrogen-bond acceptors (Lipinski definition) is 4. The Morgan fingerprint density at radius 1 is 1.19 bits per heavy atom. The minimum atomic E-state index is -0.000990. The Kier molecular flexibility index (Phi) is 5.70. The number of furan rings is 1. The molecule has 0 radical (unpaired) electrons. The summed E-state index contributed by atoms with van der Waals surface area (Å²) in [6.07, 6.45) is 2.72. The maximum atomic E-state index is 5.52. The third kappa shape index (κ3) is 3.60. The van der Waals surface area contributed by atoms with Gasteiger partial charge in [0.25, 0.3) is 0 Å². The quantitative estimate of drug-likeness (QED) is 0.811. The van der Waals surface area contributed by atoms with E-state index < -0.39 is 0 Å². The number of rotatable bonds is 7. The predicted octanol–water partition coefficient (Wildman–Crippen LogP) is 4.15. The van der Waals surface area contributed by atoms with Crippen molar-refractivity contribution < 1.29 is 13.9 Å². The van der Waals surface area contributed by atoms with E-state index in [4.69, 9.17) is 13.9 Å². The lowest BCUT2D eigenvalue weighted by molar-refractivity contribution is 0.387. The van der Waals surface area contributed by atoms with Gasteiger partial charge in [0.05, 0.1) is 26.5 Å². The molecule has 1 atom stereocenters. The standard InChI is InChI=1S/C16H20BrNO3/c1-4-8-18-15(13-7-9-21-16(13)17)12-6-5-11(19-2)10-14(12)20-3/h5-7,9-10,15,18H,4,8H2,1-3H3. The van der Waals surface area contributed by atoms with E-state index in [0.717, 1.165) is 40.3 Å². The van der Waals surface area contributed by atoms with Crippen LogP contribution in [0.5, 0.6) is 11.5 Å². The molecule has 21 heavy (non-hydrogen) atoms. The van der Waals surface area contributed by atoms with Crippen molar-refractivity contribution in [3.63, 3.8) is 0 Å². The first-order chi connectivity index (χ1) is 10.2. The summed E-state index contributed by atoms with van der Waals surface area (Å²) in [5.74, 6) is 1.56. The minimum absolute atomic E-state index is 0.000990. The Morgan fingerprint density at radius 2 is 2.00 bits per heavy atom. The summed E-state index contributed by atoms with van der Waals surface area (Å²) in [4.78, 5) is 0. The molecule has 0 fully saturated rings. The lowest BCUT2D eigenvalue weighted by Gasteiger charge is -2.21. The third-order valence-electron chi connectivity index (χ3n) is 3.31. The predicted molar refractivity (Wildman–Crippen MR) is 86.1 cm³/mol. The fourth-order valence-electron chi connectivity index (χ4n) is 2.24. The van der Waals surface area contributed by atoms with Gasteiger partial charge >= 0.3 is 0 Å². The Bertz CT molecular complexity index is 583. The summed E-state index contributed by atoms with van der Waals surface area (Å²) in [5, 5.41) is 3.53. The van der Waals surface area contributed by atoms with Crippen LogP contribution in [-0.2, 0) is 0 Å². The molecule has 0 spiro atoms. The van der Waals surface area contributed by atoms with Gasteiger partial charge in [0.15, 0.2) is 4.67 Å². The molecule has 1 aromatic carbocycles. The van der Waals surface area contributed by atoms with E-state index in [2.05, 4.69) is 28.2 Å². The van der Waals surface area contributed by atoms with Crippen LogP contribution >= 0.6 is 15.9 Å². The highest BCUT2D eigenvalue weighted by molar-refractivity contribution is 9.10. The van der Waals surface area contributed by atoms with E-state index in [1.807, 2.05) is 24.3 Å². The normalized spacial score (nSPS) is 12.2. The highest BCUT2D eigenvalue weighted by atomic mass is 79.9. The number of ether oxygens (including phenoxy) is 2. The van der Waals surface area contributed by atoms with Crippen LogP contribution in [0.25, 0.3) is 0 Å². The minimum Gasteiger partial charge on any atom is -0.497 e. The monoisotopic (exact) mass is 353 g/mol. The first-order valence-electron chi connectivity index (χ1n) is 6.89. The maximum Gasteiger partial charge on any atom is 0.174 e. The van der Waals surface area contributed by atoms with Crippen LogP contribution in [0.1, 0.15) is 30.5 Å². The zero-order chi connectivity index (χ0) is 15.2. The van der Waals surface area contributed by atoms with Crippen molar-refractivity contribution in [2.24, 2.45) is 0 Å². The molecule has 0 saturated heterocycles. The summed E-state index contributed by atoms with van der Waals surface area (Å²) in [6, 6.07) is 7.81. The smallest absolute Gasteiger partial charge is 0.174 e. The van der Waals surface area contributed by atoms with Crippen LogP contribution in [0.4, 0.5) is 0 Å². The molecule has 0 aliphatic heterocycles. The summed E-state index contributed by atoms with van der Waals surface area (Å²) in [5.41, 5.74) is 2.10. The van der Waals surface area contributed by atoms with Gasteiger partial charge in [-0.25, -0.2) is 0 Å². The highest BCUT2D eigenvalue weighted by Gasteiger charge is 2.22. The molecule has 2 aromatic rings. The van der Waals surface area contributed by atoms with Crippen LogP contribution < -0.4 is 14.8 Å². The molecule has 0 saturated carbocycles. The zero-order valence-electron chi connectivity index (χ0n) is 12.5. The van der Waals surface area contributed by atoms with Crippen molar-refractivity contribution in [1.29, 1.82) is 0 Å². The first-order valence-corrected chi connectivity index (χ1v) is 7.68. The van der Waals surface area contributed by atoms with E-state index in [1.165, 1.54) is 0 Å². The molecule has 1 heterocycles. The molecule has 1 unspecified atom stereocenters. The van der Waals surface area contributed by atoms with E-state index in [0.29, 0.717) is 0 Å². The van der Waals surface area contributed by atoms with Crippen LogP contribution in [0.15, 0.2) is 39.6 Å². The van der Waals surface area contributed by atoms with E-state index >= 15 is 0 Å². The number of hydrogen-bond donors (Lipinski definition) is 1. The average Bonchev–Trinajstić information content (AvgIpc) is 2.94. The SMILES string of the molecule is CCCNC(c1ccc(OC)cc1OC)c1ccoc1Br. The molecule has 114 valence electrons. The fraction of sp³-hybridized carbons (Fsp3) is 0.375. The Labute approximate surface area is 133 Å². The van der Waals surface area contributed by atoms with Crippen molar-refractivity contribution in [2.75, 3.05) is 20.8 Å². The van der Waals surface area contributed by atoms with Crippen LogP contribution in [0.3, 0.4) is 0 Å². The van der Waals surface area contributed by atoms with Gasteiger partial charge in [-0.15, -0.1) is 0 Å². The maximum absolute atomic E-state index is 5.52. The first kappa shape index (κ1) is 15.9. The lowest BCUT2D eigenvalue weighted by atomic mass is 9.99. The Morgan fingerprint density at radius 3 is 2.57 bits per heavy atom. The van der Waals surface area contributed by atoms with Crippen molar-refractivity contribution >= 4 is 15.9 Å². The molecule has 0 aliphatic carbocycles. The molecule has 1 N–H and O–H groups in total. The van der Waals surface area contributed by atoms with Crippen LogP contribution in [0.2, 0.25) is 0 Å². The molecule has 0 aliphatic rings. The zero-order valence-corrected chi connectivity index (χ0v) is 14.1. The Balaban J connectivity index is 2.43. The third-order valence-corrected chi connectivity index (χ3v) is 3.95. The number of benzene rings is 1. The fourth-order valence-corrected chi connectivity index (χ4v) is 2.71. The second-order valence-electron chi connectivity index (χ2n) is 4.64. The van der Waals surface area contributed by atoms with Crippen molar-refractivity contribution in [1.82, 2.24) is 5.32 Å². The molecule has 1 aromatic heterocycles. The van der Waals surface area contributed by atoms with Gasteiger partial charge in [-0.05, 0) is 47.1 Å². The van der Waals surface area contributed by atoms with Gasteiger partial charge in [0.2, 0.25) is 0 Å². The average molecular weight is 354 g/mol. The van der Waals surface area contributed by atoms with Gasteiger partial charge in [-0.1, -0.05) is 6.92 Å². The topological polar surface area (TPSA) is 43.6 Å². The summed E-state index contributed by atoms with van der Waals surface area (Å²) < 4.78 is 16.9. The largest absolute Gasteiger partial charge is 0.497 e. The van der Waals surface area contributed by atoms with Gasteiger partial charge in [0, 0.05) is 17.2 Å². The molecular formula is C16H20BrNO3. The molecule has 0 amide bonds. The van der Waals surface area contributed by atoms with Crippen LogP contribution in [-0.4, -0.2) is 20.8 Å². The molecule has 5 heteroatoms. The van der Waals surface area contributed by atoms with Gasteiger partial charge < -0.3 is 19.2 Å². The van der Waals surface area contributed by atoms with Crippen molar-refractivity contribution in [3.8, 4) is 11.5 Å². The number of halogens is 1. The van der Waals surface area contributed by atoms with E-state index in [9.17, 15) is 0 Å². The molecular weight excluding hydrogens is 334 g/mol. The van der Waals surface area contributed by atoms with Gasteiger partial charge in [-0.3, -0.25) is 0 Å². The summed E-state index contributed by atoms with van der Waals surface area (Å²) >= 11 is 3.46. The second-order valence-corrected chi connectivity index (χ2v) is 5.36. The second kappa shape index (κ2) is 7.52. The number of nitrogens with one attached hydrogen (secondary N) is 1. The molecule has 0 bridgehead atoms. The van der Waals surface area contributed by atoms with E-state index in [-0.39, 0.29) is 6.04 Å². The summed E-state index contributed by atoms with van der Waals surface area (Å²) in [7, 11) is 3.31. The Hall–Kier alpha value is -1.46. The number of methoxy groups -OCH3 is 2. The highest BCUT2D eigenvalue weighted by Crippen LogP contribution is 2.36. The lowest BCUT2D eigenvalue weighted by Crippen LogP contribution is -2.23. The molecule has 2 rings (SSSR count). The van der Waals surface area contributed by atoms with Crippen LogP contribution in [0, 0.1) is 0 Å². The molecule has 4 nitrogen and oxygen atoms in total. The van der Waals surface area contributed by atoms with Crippen molar-refractivity contribution in [3.05, 3.63) is 46.3 Å². The van der Waals surface area contributed by atoms with Crippen molar-refractivity contribution in [2.45, 2.75) is 19.4 Å².